The van der Waals surface area contributed by atoms with Gasteiger partial charge in [-0.05, 0) is 40.8 Å². The first-order valence-electron chi connectivity index (χ1n) is 7.90. The van der Waals surface area contributed by atoms with Gasteiger partial charge < -0.3 is 0 Å². The van der Waals surface area contributed by atoms with E-state index < -0.39 is 0 Å². The molecule has 0 unspecified atom stereocenters. The molecular weight excluding hydrogens is 314 g/mol. The number of nitrogens with zero attached hydrogens (tertiary/aromatic N) is 1. The highest BCUT2D eigenvalue weighted by Gasteiger charge is 2.13. The molecule has 4 rings (SSSR count). The third-order valence-electron chi connectivity index (χ3n) is 4.14. The Morgan fingerprint density at radius 2 is 1.71 bits per heavy atom. The summed E-state index contributed by atoms with van der Waals surface area (Å²) < 4.78 is 0. The van der Waals surface area contributed by atoms with Crippen LogP contribution in [0.15, 0.2) is 79.0 Å². The van der Waals surface area contributed by atoms with Crippen LogP contribution in [-0.2, 0) is 6.42 Å². The molecule has 0 spiro atoms. The maximum absolute atomic E-state index is 6.36. The summed E-state index contributed by atoms with van der Waals surface area (Å²) >= 11 is 6.36. The molecule has 0 aliphatic carbocycles. The molecule has 0 saturated carbocycles. The lowest BCUT2D eigenvalue weighted by atomic mass is 9.93. The van der Waals surface area contributed by atoms with Gasteiger partial charge in [-0.3, -0.25) is 4.98 Å². The van der Waals surface area contributed by atoms with Crippen molar-refractivity contribution in [3.05, 3.63) is 101 Å². The summed E-state index contributed by atoms with van der Waals surface area (Å²) in [6.45, 7) is 0. The summed E-state index contributed by atoms with van der Waals surface area (Å²) in [7, 11) is 0. The third kappa shape index (κ3) is 2.79. The van der Waals surface area contributed by atoms with Crippen LogP contribution in [-0.4, -0.2) is 4.98 Å². The summed E-state index contributed by atoms with van der Waals surface area (Å²) in [5, 5.41) is 1.74. The van der Waals surface area contributed by atoms with E-state index in [1.807, 2.05) is 42.6 Å². The van der Waals surface area contributed by atoms with Crippen LogP contribution >= 0.6 is 11.6 Å². The summed E-state index contributed by atoms with van der Waals surface area (Å²) in [5.41, 5.74) is 5.50. The van der Waals surface area contributed by atoms with E-state index in [0.29, 0.717) is 5.02 Å². The highest BCUT2D eigenvalue weighted by molar-refractivity contribution is 6.35. The third-order valence-corrected chi connectivity index (χ3v) is 4.45. The van der Waals surface area contributed by atoms with Gasteiger partial charge in [0.15, 0.2) is 0 Å². The Hall–Kier alpha value is -2.64. The lowest BCUT2D eigenvalue weighted by Crippen LogP contribution is -1.96. The predicted octanol–water partition coefficient (Wildman–Crippen LogP) is 5.95. The highest BCUT2D eigenvalue weighted by Crippen LogP contribution is 2.34. The molecule has 0 N–H and O–H groups in total. The van der Waals surface area contributed by atoms with Gasteiger partial charge in [0, 0.05) is 11.6 Å². The molecule has 115 valence electrons. The summed E-state index contributed by atoms with van der Waals surface area (Å²) in [6.07, 6.45) is 2.77. The maximum atomic E-state index is 6.36. The minimum atomic E-state index is 0.677. The molecule has 0 atom stereocenters. The average Bonchev–Trinajstić information content (AvgIpc) is 2.63. The first-order chi connectivity index (χ1) is 11.8. The van der Waals surface area contributed by atoms with Crippen molar-refractivity contribution in [2.75, 3.05) is 0 Å². The standard InChI is InChI=1S/C22H15ClN/c23-20-13-7-12-19-21(17-10-5-2-6-11-17)18(15-24-22(19)20)14-16-8-3-1-4-9-16/h1-10,12-13,15H,14H2. The van der Waals surface area contributed by atoms with Crippen LogP contribution in [0.3, 0.4) is 0 Å². The Morgan fingerprint density at radius 3 is 2.50 bits per heavy atom. The van der Waals surface area contributed by atoms with Crippen molar-refractivity contribution in [3.63, 3.8) is 0 Å². The van der Waals surface area contributed by atoms with E-state index in [4.69, 9.17) is 11.6 Å². The van der Waals surface area contributed by atoms with E-state index in [1.54, 1.807) is 0 Å². The zero-order valence-electron chi connectivity index (χ0n) is 13.0. The first kappa shape index (κ1) is 14.9. The SMILES string of the molecule is Clc1cccc2c(-c3[c]cccc3)c(Cc3ccccc3)cnc12. The fourth-order valence-corrected chi connectivity index (χ4v) is 3.27. The van der Waals surface area contributed by atoms with E-state index in [0.717, 1.165) is 28.5 Å². The monoisotopic (exact) mass is 328 g/mol. The van der Waals surface area contributed by atoms with E-state index in [1.165, 1.54) is 11.1 Å². The Balaban J connectivity index is 1.96. The normalized spacial score (nSPS) is 10.9. The number of para-hydroxylation sites is 1. The second kappa shape index (κ2) is 6.46. The Labute approximate surface area is 146 Å². The molecule has 3 aromatic carbocycles. The Morgan fingerprint density at radius 1 is 0.875 bits per heavy atom. The van der Waals surface area contributed by atoms with Crippen LogP contribution in [0.1, 0.15) is 11.1 Å². The minimum absolute atomic E-state index is 0.677. The van der Waals surface area contributed by atoms with E-state index >= 15 is 0 Å². The molecule has 1 radical (unpaired) electrons. The predicted molar refractivity (Wildman–Crippen MR) is 100 cm³/mol. The van der Waals surface area contributed by atoms with Gasteiger partial charge in [0.25, 0.3) is 0 Å². The second-order valence-electron chi connectivity index (χ2n) is 5.73. The van der Waals surface area contributed by atoms with Crippen LogP contribution < -0.4 is 0 Å². The fraction of sp³-hybridized carbons (Fsp3) is 0.0455. The molecule has 0 bridgehead atoms. The van der Waals surface area contributed by atoms with E-state index in [2.05, 4.69) is 47.4 Å². The van der Waals surface area contributed by atoms with E-state index in [9.17, 15) is 0 Å². The number of aromatic nitrogens is 1. The van der Waals surface area contributed by atoms with Gasteiger partial charge in [0.1, 0.15) is 0 Å². The molecule has 4 aromatic rings. The molecule has 0 fully saturated rings. The molecule has 0 saturated heterocycles. The Kier molecular flexibility index (Phi) is 4.02. The number of benzene rings is 3. The lowest BCUT2D eigenvalue weighted by molar-refractivity contribution is 1.17. The summed E-state index contributed by atoms with van der Waals surface area (Å²) in [5.74, 6) is 0. The summed E-state index contributed by atoms with van der Waals surface area (Å²) in [4.78, 5) is 4.62. The number of halogens is 1. The quantitative estimate of drug-likeness (QED) is 0.453. The molecule has 1 heterocycles. The fourth-order valence-electron chi connectivity index (χ4n) is 3.04. The van der Waals surface area contributed by atoms with Crippen LogP contribution in [0.4, 0.5) is 0 Å². The molecule has 24 heavy (non-hydrogen) atoms. The van der Waals surface area contributed by atoms with E-state index in [-0.39, 0.29) is 0 Å². The highest BCUT2D eigenvalue weighted by atomic mass is 35.5. The first-order valence-corrected chi connectivity index (χ1v) is 8.28. The zero-order chi connectivity index (χ0) is 16.4. The molecule has 0 aliphatic heterocycles. The topological polar surface area (TPSA) is 12.9 Å². The number of fused-ring (bicyclic) bond motifs is 1. The molecule has 0 amide bonds. The van der Waals surface area contributed by atoms with Crippen molar-refractivity contribution in [1.82, 2.24) is 4.98 Å². The van der Waals surface area contributed by atoms with Crippen molar-refractivity contribution in [3.8, 4) is 11.1 Å². The van der Waals surface area contributed by atoms with Crippen LogP contribution in [0.2, 0.25) is 5.02 Å². The van der Waals surface area contributed by atoms with Crippen molar-refractivity contribution in [2.24, 2.45) is 0 Å². The van der Waals surface area contributed by atoms with Crippen LogP contribution in [0.5, 0.6) is 0 Å². The van der Waals surface area contributed by atoms with Gasteiger partial charge in [-0.15, -0.1) is 0 Å². The van der Waals surface area contributed by atoms with Crippen molar-refractivity contribution in [2.45, 2.75) is 6.42 Å². The molecule has 2 heteroatoms. The minimum Gasteiger partial charge on any atom is -0.254 e. The van der Waals surface area contributed by atoms with Gasteiger partial charge in [-0.1, -0.05) is 78.3 Å². The number of pyridine rings is 1. The van der Waals surface area contributed by atoms with Crippen molar-refractivity contribution >= 4 is 22.5 Å². The largest absolute Gasteiger partial charge is 0.254 e. The maximum Gasteiger partial charge on any atom is 0.0894 e. The van der Waals surface area contributed by atoms with Gasteiger partial charge in [-0.2, -0.15) is 0 Å². The molecule has 1 nitrogen and oxygen atoms in total. The summed E-state index contributed by atoms with van der Waals surface area (Å²) in [6, 6.07) is 27.8. The van der Waals surface area contributed by atoms with Gasteiger partial charge in [0.05, 0.1) is 10.5 Å². The van der Waals surface area contributed by atoms with Gasteiger partial charge in [0.2, 0.25) is 0 Å². The number of rotatable bonds is 3. The lowest BCUT2D eigenvalue weighted by Gasteiger charge is -2.13. The van der Waals surface area contributed by atoms with Crippen molar-refractivity contribution < 1.29 is 0 Å². The second-order valence-corrected chi connectivity index (χ2v) is 6.14. The smallest absolute Gasteiger partial charge is 0.0894 e. The van der Waals surface area contributed by atoms with Gasteiger partial charge >= 0.3 is 0 Å². The Bertz CT molecular complexity index is 979. The molecule has 0 aliphatic rings. The van der Waals surface area contributed by atoms with Crippen LogP contribution in [0, 0.1) is 6.07 Å². The van der Waals surface area contributed by atoms with Crippen molar-refractivity contribution in [1.29, 1.82) is 0 Å². The molecule has 1 aromatic heterocycles. The number of hydrogen-bond acceptors (Lipinski definition) is 1. The average molecular weight is 329 g/mol. The van der Waals surface area contributed by atoms with Crippen LogP contribution in [0.25, 0.3) is 22.0 Å². The zero-order valence-corrected chi connectivity index (χ0v) is 13.8. The number of hydrogen-bond donors (Lipinski definition) is 0. The molecular formula is C22H15ClN. The van der Waals surface area contributed by atoms with Gasteiger partial charge in [-0.25, -0.2) is 0 Å².